The number of benzene rings is 1. The predicted octanol–water partition coefficient (Wildman–Crippen LogP) is 2.86. The van der Waals surface area contributed by atoms with Gasteiger partial charge in [0.25, 0.3) is 0 Å². The van der Waals surface area contributed by atoms with Gasteiger partial charge in [-0.2, -0.15) is 5.10 Å². The lowest BCUT2D eigenvalue weighted by Gasteiger charge is -2.11. The van der Waals surface area contributed by atoms with Crippen LogP contribution in [-0.4, -0.2) is 39.1 Å². The van der Waals surface area contributed by atoms with Crippen LogP contribution in [0.3, 0.4) is 0 Å². The minimum absolute atomic E-state index is 0.294. The molecule has 0 fully saturated rings. The highest BCUT2D eigenvalue weighted by atomic mass is 35.5. The fraction of sp³-hybridized carbons (Fsp3) is 0.176. The maximum absolute atomic E-state index is 11.9. The van der Waals surface area contributed by atoms with Crippen LogP contribution >= 0.6 is 11.6 Å². The molecule has 134 valence electrons. The average molecular weight is 372 g/mol. The Kier molecular flexibility index (Phi) is 5.65. The molecule has 0 saturated heterocycles. The number of hydrogen-bond donors (Lipinski definition) is 3. The highest BCUT2D eigenvalue weighted by Gasteiger charge is 2.06. The molecule has 8 nitrogen and oxygen atoms in total. The number of anilines is 2. The minimum Gasteiger partial charge on any atom is -0.367 e. The Labute approximate surface area is 155 Å². The molecule has 0 spiro atoms. The fourth-order valence-electron chi connectivity index (χ4n) is 2.22. The largest absolute Gasteiger partial charge is 0.367 e. The third kappa shape index (κ3) is 4.48. The van der Waals surface area contributed by atoms with Gasteiger partial charge >= 0.3 is 6.03 Å². The molecule has 3 aromatic rings. The number of aromatic nitrogens is 4. The molecule has 3 rings (SSSR count). The van der Waals surface area contributed by atoms with Crippen LogP contribution in [-0.2, 0) is 0 Å². The van der Waals surface area contributed by atoms with Gasteiger partial charge in [-0.15, -0.1) is 10.2 Å². The Hall–Kier alpha value is -3.13. The van der Waals surface area contributed by atoms with Crippen molar-refractivity contribution < 1.29 is 4.79 Å². The number of halogens is 1. The summed E-state index contributed by atoms with van der Waals surface area (Å²) in [7, 11) is 0. The van der Waals surface area contributed by atoms with Crippen LogP contribution < -0.4 is 16.0 Å². The van der Waals surface area contributed by atoms with Crippen molar-refractivity contribution >= 4 is 29.1 Å². The van der Waals surface area contributed by atoms with Gasteiger partial charge in [-0.25, -0.2) is 9.48 Å². The van der Waals surface area contributed by atoms with E-state index in [9.17, 15) is 4.79 Å². The Morgan fingerprint density at radius 2 is 2.04 bits per heavy atom. The number of nitrogens with one attached hydrogen (secondary N) is 3. The molecular formula is C17H18ClN7O. The van der Waals surface area contributed by atoms with Crippen molar-refractivity contribution in [1.82, 2.24) is 25.3 Å². The molecule has 0 bridgehead atoms. The molecule has 2 heterocycles. The first-order valence-corrected chi connectivity index (χ1v) is 8.39. The van der Waals surface area contributed by atoms with Crippen molar-refractivity contribution in [2.75, 3.05) is 23.7 Å². The average Bonchev–Trinajstić information content (AvgIpc) is 3.18. The third-order valence-corrected chi connectivity index (χ3v) is 4.03. The molecule has 2 aromatic heterocycles. The zero-order chi connectivity index (χ0) is 18.4. The molecule has 26 heavy (non-hydrogen) atoms. The number of hydrogen-bond acceptors (Lipinski definition) is 5. The predicted molar refractivity (Wildman–Crippen MR) is 101 cm³/mol. The summed E-state index contributed by atoms with van der Waals surface area (Å²) in [5, 5.41) is 21.5. The normalized spacial score (nSPS) is 10.4. The van der Waals surface area contributed by atoms with Crippen molar-refractivity contribution in [1.29, 1.82) is 0 Å². The van der Waals surface area contributed by atoms with Gasteiger partial charge in [0.15, 0.2) is 5.82 Å². The van der Waals surface area contributed by atoms with Gasteiger partial charge in [0.1, 0.15) is 5.82 Å². The van der Waals surface area contributed by atoms with E-state index in [-0.39, 0.29) is 6.03 Å². The van der Waals surface area contributed by atoms with E-state index < -0.39 is 0 Å². The second-order valence-corrected chi connectivity index (χ2v) is 5.85. The Morgan fingerprint density at radius 3 is 2.77 bits per heavy atom. The maximum atomic E-state index is 11.9. The van der Waals surface area contributed by atoms with Crippen LogP contribution in [0.15, 0.2) is 48.8 Å². The van der Waals surface area contributed by atoms with Crippen LogP contribution in [0.1, 0.15) is 5.56 Å². The lowest BCUT2D eigenvalue weighted by Crippen LogP contribution is -2.33. The van der Waals surface area contributed by atoms with E-state index >= 15 is 0 Å². The summed E-state index contributed by atoms with van der Waals surface area (Å²) < 4.78 is 1.63. The summed E-state index contributed by atoms with van der Waals surface area (Å²) in [5.74, 6) is 1.25. The molecule has 0 saturated carbocycles. The summed E-state index contributed by atoms with van der Waals surface area (Å²) in [5.41, 5.74) is 1.51. The van der Waals surface area contributed by atoms with Crippen molar-refractivity contribution in [3.63, 3.8) is 0 Å². The van der Waals surface area contributed by atoms with E-state index in [2.05, 4.69) is 31.2 Å². The highest BCUT2D eigenvalue weighted by molar-refractivity contribution is 6.31. The zero-order valence-electron chi connectivity index (χ0n) is 14.1. The Bertz CT molecular complexity index is 865. The quantitative estimate of drug-likeness (QED) is 0.579. The lowest BCUT2D eigenvalue weighted by molar-refractivity contribution is 0.252. The smallest absolute Gasteiger partial charge is 0.319 e. The van der Waals surface area contributed by atoms with Gasteiger partial charge in [-0.05, 0) is 42.8 Å². The number of carbonyl (C=O) groups is 1. The molecule has 2 amide bonds. The van der Waals surface area contributed by atoms with Crippen molar-refractivity contribution in [2.24, 2.45) is 0 Å². The van der Waals surface area contributed by atoms with Crippen LogP contribution in [0.5, 0.6) is 0 Å². The Morgan fingerprint density at radius 1 is 1.15 bits per heavy atom. The minimum atomic E-state index is -0.294. The lowest BCUT2D eigenvalue weighted by atomic mass is 10.2. The van der Waals surface area contributed by atoms with E-state index in [4.69, 9.17) is 11.6 Å². The van der Waals surface area contributed by atoms with Crippen molar-refractivity contribution in [2.45, 2.75) is 6.92 Å². The molecule has 0 radical (unpaired) electrons. The monoisotopic (exact) mass is 371 g/mol. The summed E-state index contributed by atoms with van der Waals surface area (Å²) >= 11 is 6.04. The standard InChI is InChI=1S/C17H18ClN7O/c1-12-13(18)4-2-5-14(12)22-17(26)20-10-9-19-15-6-7-16(24-23-15)25-11-3-8-21-25/h2-8,11H,9-10H2,1H3,(H,19,23)(H2,20,22,26). The van der Waals surface area contributed by atoms with Gasteiger partial charge in [0, 0.05) is 36.2 Å². The molecule has 0 aliphatic rings. The molecule has 9 heteroatoms. The molecule has 3 N–H and O–H groups in total. The maximum Gasteiger partial charge on any atom is 0.319 e. The van der Waals surface area contributed by atoms with Gasteiger partial charge < -0.3 is 16.0 Å². The van der Waals surface area contributed by atoms with E-state index in [1.807, 2.05) is 19.1 Å². The molecule has 0 atom stereocenters. The first kappa shape index (κ1) is 17.7. The van der Waals surface area contributed by atoms with Crippen LogP contribution in [0.2, 0.25) is 5.02 Å². The van der Waals surface area contributed by atoms with Gasteiger partial charge in [0.2, 0.25) is 0 Å². The summed E-state index contributed by atoms with van der Waals surface area (Å²) in [4.78, 5) is 11.9. The third-order valence-electron chi connectivity index (χ3n) is 3.62. The van der Waals surface area contributed by atoms with Crippen LogP contribution in [0.4, 0.5) is 16.3 Å². The fourth-order valence-corrected chi connectivity index (χ4v) is 2.40. The number of urea groups is 1. The van der Waals surface area contributed by atoms with Crippen LogP contribution in [0, 0.1) is 6.92 Å². The van der Waals surface area contributed by atoms with Gasteiger partial charge in [-0.1, -0.05) is 17.7 Å². The topological polar surface area (TPSA) is 96.8 Å². The molecule has 0 unspecified atom stereocenters. The van der Waals surface area contributed by atoms with Crippen molar-refractivity contribution in [3.05, 3.63) is 59.4 Å². The number of amides is 2. The van der Waals surface area contributed by atoms with E-state index in [0.29, 0.717) is 35.4 Å². The molecular weight excluding hydrogens is 354 g/mol. The SMILES string of the molecule is Cc1c(Cl)cccc1NC(=O)NCCNc1ccc(-n2cccn2)nn1. The van der Waals surface area contributed by atoms with E-state index in [1.54, 1.807) is 41.3 Å². The van der Waals surface area contributed by atoms with Gasteiger partial charge in [0.05, 0.1) is 0 Å². The number of rotatable bonds is 6. The number of carbonyl (C=O) groups excluding carboxylic acids is 1. The molecule has 0 aliphatic heterocycles. The zero-order valence-corrected chi connectivity index (χ0v) is 14.9. The van der Waals surface area contributed by atoms with E-state index in [0.717, 1.165) is 5.56 Å². The number of nitrogens with zero attached hydrogens (tertiary/aromatic N) is 4. The first-order valence-electron chi connectivity index (χ1n) is 8.01. The summed E-state index contributed by atoms with van der Waals surface area (Å²) in [6, 6.07) is 10.5. The van der Waals surface area contributed by atoms with Gasteiger partial charge in [-0.3, -0.25) is 0 Å². The van der Waals surface area contributed by atoms with Crippen LogP contribution in [0.25, 0.3) is 5.82 Å². The second kappa shape index (κ2) is 8.30. The summed E-state index contributed by atoms with van der Waals surface area (Å²) in [6.07, 6.45) is 3.47. The first-order chi connectivity index (χ1) is 12.6. The highest BCUT2D eigenvalue weighted by Crippen LogP contribution is 2.22. The molecule has 1 aromatic carbocycles. The Balaban J connectivity index is 1.42. The van der Waals surface area contributed by atoms with Crippen molar-refractivity contribution in [3.8, 4) is 5.82 Å². The summed E-state index contributed by atoms with van der Waals surface area (Å²) in [6.45, 7) is 2.79. The molecule has 0 aliphatic carbocycles. The van der Waals surface area contributed by atoms with E-state index in [1.165, 1.54) is 0 Å². The second-order valence-electron chi connectivity index (χ2n) is 5.45.